The summed E-state index contributed by atoms with van der Waals surface area (Å²) in [6, 6.07) is 11.6. The monoisotopic (exact) mass is 218 g/mol. The molecule has 16 heavy (non-hydrogen) atoms. The summed E-state index contributed by atoms with van der Waals surface area (Å²) in [5.74, 6) is 0. The second-order valence-corrected chi connectivity index (χ2v) is 4.10. The molecular formula is C13H18N2O. The van der Waals surface area contributed by atoms with Crippen molar-refractivity contribution in [1.82, 2.24) is 5.32 Å². The Labute approximate surface area is 96.5 Å². The molecule has 3 nitrogen and oxygen atoms in total. The Balaban J connectivity index is 1.73. The molecule has 0 unspecified atom stereocenters. The van der Waals surface area contributed by atoms with Gasteiger partial charge in [-0.15, -0.1) is 0 Å². The topological polar surface area (TPSA) is 33.6 Å². The van der Waals surface area contributed by atoms with Crippen LogP contribution in [0.5, 0.6) is 0 Å². The smallest absolute Gasteiger partial charge is 0.284 e. The third-order valence-corrected chi connectivity index (χ3v) is 2.66. The van der Waals surface area contributed by atoms with Gasteiger partial charge in [0.2, 0.25) is 0 Å². The van der Waals surface area contributed by atoms with Crippen LogP contribution in [0.4, 0.5) is 0 Å². The molecule has 1 aromatic rings. The molecule has 0 aliphatic carbocycles. The van der Waals surface area contributed by atoms with Crippen LogP contribution < -0.4 is 5.32 Å². The molecule has 0 amide bonds. The number of ether oxygens (including phenoxy) is 1. The van der Waals surface area contributed by atoms with Crippen molar-refractivity contribution in [2.75, 3.05) is 13.2 Å². The molecule has 0 radical (unpaired) electrons. The summed E-state index contributed by atoms with van der Waals surface area (Å²) >= 11 is 0. The van der Waals surface area contributed by atoms with Gasteiger partial charge < -0.3 is 10.1 Å². The lowest BCUT2D eigenvalue weighted by atomic mass is 10.1. The Hall–Kier alpha value is -1.51. The molecule has 86 valence electrons. The van der Waals surface area contributed by atoms with E-state index in [-0.39, 0.29) is 0 Å². The number of benzene rings is 1. The highest BCUT2D eigenvalue weighted by atomic mass is 16.5. The standard InChI is InChI=1S/C13H18N2O/c1-11(15-13-14-9-10-16-13)7-8-12-5-3-2-4-6-12/h2-6,11H,7-10H2,1H3,(H,14,15)/t11-/m0/s1. The van der Waals surface area contributed by atoms with E-state index in [2.05, 4.69) is 41.5 Å². The van der Waals surface area contributed by atoms with Crippen LogP contribution in [0, 0.1) is 0 Å². The average molecular weight is 218 g/mol. The molecule has 0 spiro atoms. The lowest BCUT2D eigenvalue weighted by Gasteiger charge is -2.14. The summed E-state index contributed by atoms with van der Waals surface area (Å²) in [7, 11) is 0. The number of nitrogens with one attached hydrogen (secondary N) is 1. The zero-order chi connectivity index (χ0) is 11.2. The number of hydrogen-bond acceptors (Lipinski definition) is 3. The summed E-state index contributed by atoms with van der Waals surface area (Å²) in [6.07, 6.45) is 2.18. The second-order valence-electron chi connectivity index (χ2n) is 4.10. The van der Waals surface area contributed by atoms with Crippen LogP contribution >= 0.6 is 0 Å². The summed E-state index contributed by atoms with van der Waals surface area (Å²) in [6.45, 7) is 3.66. The lowest BCUT2D eigenvalue weighted by Crippen LogP contribution is -2.33. The van der Waals surface area contributed by atoms with Gasteiger partial charge in [0.1, 0.15) is 6.61 Å². The van der Waals surface area contributed by atoms with Gasteiger partial charge in [0.15, 0.2) is 0 Å². The highest BCUT2D eigenvalue weighted by molar-refractivity contribution is 5.75. The van der Waals surface area contributed by atoms with E-state index in [4.69, 9.17) is 4.74 Å². The fourth-order valence-electron chi connectivity index (χ4n) is 1.73. The first kappa shape index (κ1) is 11.0. The van der Waals surface area contributed by atoms with Crippen molar-refractivity contribution in [3.8, 4) is 0 Å². The van der Waals surface area contributed by atoms with Crippen LogP contribution in [0.3, 0.4) is 0 Å². The van der Waals surface area contributed by atoms with Crippen LogP contribution in [-0.4, -0.2) is 25.2 Å². The number of aliphatic imine (C=N–C) groups is 1. The van der Waals surface area contributed by atoms with Crippen molar-refractivity contribution in [3.05, 3.63) is 35.9 Å². The summed E-state index contributed by atoms with van der Waals surface area (Å²) < 4.78 is 5.31. The molecule has 2 rings (SSSR count). The number of hydrogen-bond donors (Lipinski definition) is 1. The first-order valence-corrected chi connectivity index (χ1v) is 5.82. The number of rotatable bonds is 4. The van der Waals surface area contributed by atoms with Crippen LogP contribution in [0.25, 0.3) is 0 Å². The van der Waals surface area contributed by atoms with Crippen molar-refractivity contribution in [3.63, 3.8) is 0 Å². The van der Waals surface area contributed by atoms with Crippen LogP contribution in [0.2, 0.25) is 0 Å². The van der Waals surface area contributed by atoms with E-state index in [0.717, 1.165) is 19.4 Å². The molecule has 1 heterocycles. The van der Waals surface area contributed by atoms with E-state index in [9.17, 15) is 0 Å². The molecule has 1 atom stereocenters. The molecular weight excluding hydrogens is 200 g/mol. The van der Waals surface area contributed by atoms with Crippen LogP contribution in [0.1, 0.15) is 18.9 Å². The van der Waals surface area contributed by atoms with Gasteiger partial charge in [0.25, 0.3) is 6.02 Å². The zero-order valence-corrected chi connectivity index (χ0v) is 9.65. The average Bonchev–Trinajstić information content (AvgIpc) is 2.81. The van der Waals surface area contributed by atoms with Gasteiger partial charge in [-0.3, -0.25) is 0 Å². The van der Waals surface area contributed by atoms with Crippen molar-refractivity contribution < 1.29 is 4.74 Å². The minimum Gasteiger partial charge on any atom is -0.463 e. The van der Waals surface area contributed by atoms with Gasteiger partial charge in [-0.05, 0) is 25.3 Å². The highest BCUT2D eigenvalue weighted by Gasteiger charge is 2.10. The Morgan fingerprint density at radius 3 is 2.88 bits per heavy atom. The molecule has 3 heteroatoms. The fourth-order valence-corrected chi connectivity index (χ4v) is 1.73. The number of amidine groups is 1. The lowest BCUT2D eigenvalue weighted by molar-refractivity contribution is 0.325. The van der Waals surface area contributed by atoms with Gasteiger partial charge >= 0.3 is 0 Å². The van der Waals surface area contributed by atoms with Crippen molar-refractivity contribution in [2.24, 2.45) is 4.99 Å². The molecule has 1 N–H and O–H groups in total. The summed E-state index contributed by atoms with van der Waals surface area (Å²) in [5.41, 5.74) is 1.38. The van der Waals surface area contributed by atoms with Crippen molar-refractivity contribution in [1.29, 1.82) is 0 Å². The van der Waals surface area contributed by atoms with E-state index in [1.165, 1.54) is 5.56 Å². The molecule has 1 aliphatic heterocycles. The summed E-state index contributed by atoms with van der Waals surface area (Å²) in [5, 5.41) is 3.28. The zero-order valence-electron chi connectivity index (χ0n) is 9.65. The molecule has 1 aliphatic rings. The molecule has 0 fully saturated rings. The Morgan fingerprint density at radius 1 is 1.38 bits per heavy atom. The number of aryl methyl sites for hydroxylation is 1. The molecule has 1 aromatic carbocycles. The van der Waals surface area contributed by atoms with E-state index in [0.29, 0.717) is 18.7 Å². The molecule has 0 saturated heterocycles. The summed E-state index contributed by atoms with van der Waals surface area (Å²) in [4.78, 5) is 4.21. The highest BCUT2D eigenvalue weighted by Crippen LogP contribution is 2.05. The maximum atomic E-state index is 5.31. The minimum atomic E-state index is 0.400. The van der Waals surface area contributed by atoms with Crippen LogP contribution in [-0.2, 0) is 11.2 Å². The fraction of sp³-hybridized carbons (Fsp3) is 0.462. The Bertz CT molecular complexity index is 348. The predicted molar refractivity (Wildman–Crippen MR) is 65.6 cm³/mol. The Morgan fingerprint density at radius 2 is 2.19 bits per heavy atom. The minimum absolute atomic E-state index is 0.400. The Kier molecular flexibility index (Phi) is 3.81. The quantitative estimate of drug-likeness (QED) is 0.838. The first-order valence-electron chi connectivity index (χ1n) is 5.82. The van der Waals surface area contributed by atoms with Gasteiger partial charge in [-0.1, -0.05) is 30.3 Å². The van der Waals surface area contributed by atoms with Gasteiger partial charge in [-0.2, -0.15) is 0 Å². The van der Waals surface area contributed by atoms with E-state index < -0.39 is 0 Å². The van der Waals surface area contributed by atoms with E-state index in [1.807, 2.05) is 6.07 Å². The SMILES string of the molecule is C[C@@H](CCc1ccccc1)NC1=NCCO1. The van der Waals surface area contributed by atoms with Gasteiger partial charge in [0, 0.05) is 6.04 Å². The van der Waals surface area contributed by atoms with Crippen LogP contribution in [0.15, 0.2) is 35.3 Å². The third kappa shape index (κ3) is 3.26. The number of nitrogens with zero attached hydrogens (tertiary/aromatic N) is 1. The van der Waals surface area contributed by atoms with E-state index >= 15 is 0 Å². The molecule has 0 saturated carbocycles. The predicted octanol–water partition coefficient (Wildman–Crippen LogP) is 1.98. The van der Waals surface area contributed by atoms with E-state index in [1.54, 1.807) is 0 Å². The van der Waals surface area contributed by atoms with Gasteiger partial charge in [-0.25, -0.2) is 4.99 Å². The second kappa shape index (κ2) is 5.54. The largest absolute Gasteiger partial charge is 0.463 e. The normalized spacial score (nSPS) is 16.4. The maximum Gasteiger partial charge on any atom is 0.284 e. The first-order chi connectivity index (χ1) is 7.84. The van der Waals surface area contributed by atoms with Gasteiger partial charge in [0.05, 0.1) is 6.54 Å². The van der Waals surface area contributed by atoms with Crippen molar-refractivity contribution in [2.45, 2.75) is 25.8 Å². The van der Waals surface area contributed by atoms with Crippen molar-refractivity contribution >= 4 is 6.02 Å². The maximum absolute atomic E-state index is 5.31. The molecule has 0 aromatic heterocycles. The third-order valence-electron chi connectivity index (χ3n) is 2.66. The molecule has 0 bridgehead atoms.